The van der Waals surface area contributed by atoms with Crippen molar-refractivity contribution in [3.63, 3.8) is 0 Å². The van der Waals surface area contributed by atoms with Gasteiger partial charge in [-0.1, -0.05) is 0 Å². The highest BCUT2D eigenvalue weighted by Gasteiger charge is 2.16. The molecule has 11 heavy (non-hydrogen) atoms. The molecule has 0 fully saturated rings. The summed E-state index contributed by atoms with van der Waals surface area (Å²) in [6.07, 6.45) is 1.53. The number of nitrogens with one attached hydrogen (secondary N) is 1. The summed E-state index contributed by atoms with van der Waals surface area (Å²) in [5.74, 6) is 0.0539. The Morgan fingerprint density at radius 1 is 1.73 bits per heavy atom. The first-order valence-corrected chi connectivity index (χ1v) is 3.51. The van der Waals surface area contributed by atoms with Crippen LogP contribution in [0, 0.1) is 10.1 Å². The maximum Gasteiger partial charge on any atom is 0.358 e. The van der Waals surface area contributed by atoms with Crippen molar-refractivity contribution in [1.29, 1.82) is 0 Å². The van der Waals surface area contributed by atoms with Gasteiger partial charge in [-0.3, -0.25) is 15.8 Å². The zero-order valence-corrected chi connectivity index (χ0v) is 6.96. The molecule has 0 aliphatic carbocycles. The number of H-pyrrole nitrogens is 1. The molecule has 0 unspecified atom stereocenters. The number of halogens is 1. The number of anilines is 1. The minimum Gasteiger partial charge on any atom is -0.281 e. The van der Waals surface area contributed by atoms with E-state index in [1.165, 1.54) is 12.3 Å². The van der Waals surface area contributed by atoms with Crippen LogP contribution in [0.4, 0.5) is 11.5 Å². The highest BCUT2D eigenvalue weighted by atomic mass is 79.9. The lowest BCUT2D eigenvalue weighted by Gasteiger charge is -1.90. The predicted molar refractivity (Wildman–Crippen MR) is 41.8 cm³/mol. The number of aromatic nitrogens is 1. The fourth-order valence-corrected chi connectivity index (χ4v) is 0.953. The van der Waals surface area contributed by atoms with Gasteiger partial charge in [0, 0.05) is 6.07 Å². The second-order valence-corrected chi connectivity index (χ2v) is 2.79. The van der Waals surface area contributed by atoms with Crippen LogP contribution in [-0.2, 0) is 0 Å². The number of nitrogen functional groups attached to an aromatic ring is 1. The van der Waals surface area contributed by atoms with Crippen molar-refractivity contribution in [3.8, 4) is 0 Å². The summed E-state index contributed by atoms with van der Waals surface area (Å²) >= 11 is 3.07. The van der Waals surface area contributed by atoms with Crippen LogP contribution >= 0.6 is 15.9 Å². The number of rotatable bonds is 1. The Kier molecular flexibility index (Phi) is 2.04. The molecule has 0 saturated carbocycles. The number of hydrogen-bond acceptors (Lipinski definition) is 3. The molecule has 3 N–H and O–H groups in total. The van der Waals surface area contributed by atoms with Gasteiger partial charge in [-0.05, 0) is 15.9 Å². The van der Waals surface area contributed by atoms with E-state index in [-0.39, 0.29) is 11.5 Å². The SMILES string of the molecule is Nc1[nH+]cc(Br)cc1[N+](=O)[O-]. The van der Waals surface area contributed by atoms with E-state index >= 15 is 0 Å². The van der Waals surface area contributed by atoms with Crippen molar-refractivity contribution >= 4 is 27.4 Å². The first-order valence-electron chi connectivity index (χ1n) is 2.72. The predicted octanol–water partition coefficient (Wildman–Crippen LogP) is 0.754. The minimum absolute atomic E-state index is 0.0539. The quantitative estimate of drug-likeness (QED) is 0.558. The zero-order chi connectivity index (χ0) is 8.43. The van der Waals surface area contributed by atoms with Gasteiger partial charge in [-0.25, -0.2) is 4.98 Å². The largest absolute Gasteiger partial charge is 0.358 e. The molecular formula is C5H5BrN3O2+. The number of aromatic amines is 1. The molecule has 0 atom stereocenters. The lowest BCUT2D eigenvalue weighted by Crippen LogP contribution is -2.11. The number of nitrogens with zero attached hydrogens (tertiary/aromatic N) is 1. The average Bonchev–Trinajstić information content (AvgIpc) is 1.94. The molecule has 1 aromatic rings. The topological polar surface area (TPSA) is 83.3 Å². The fourth-order valence-electron chi connectivity index (χ4n) is 0.622. The second-order valence-electron chi connectivity index (χ2n) is 1.87. The molecule has 0 amide bonds. The van der Waals surface area contributed by atoms with Crippen molar-refractivity contribution < 1.29 is 9.91 Å². The van der Waals surface area contributed by atoms with Crippen LogP contribution in [0.3, 0.4) is 0 Å². The third-order valence-electron chi connectivity index (χ3n) is 1.11. The Morgan fingerprint density at radius 2 is 2.36 bits per heavy atom. The molecule has 6 heteroatoms. The molecule has 1 heterocycles. The first kappa shape index (κ1) is 7.93. The fraction of sp³-hybridized carbons (Fsp3) is 0. The summed E-state index contributed by atoms with van der Waals surface area (Å²) < 4.78 is 0.596. The van der Waals surface area contributed by atoms with E-state index in [0.717, 1.165) is 0 Å². The molecule has 0 bridgehead atoms. The van der Waals surface area contributed by atoms with E-state index in [1.54, 1.807) is 0 Å². The van der Waals surface area contributed by atoms with E-state index in [9.17, 15) is 10.1 Å². The highest BCUT2D eigenvalue weighted by molar-refractivity contribution is 9.10. The molecular weight excluding hydrogens is 214 g/mol. The molecule has 0 aliphatic rings. The average molecular weight is 219 g/mol. The maximum atomic E-state index is 10.3. The van der Waals surface area contributed by atoms with E-state index < -0.39 is 4.92 Å². The van der Waals surface area contributed by atoms with Gasteiger partial charge in [0.25, 0.3) is 0 Å². The summed E-state index contributed by atoms with van der Waals surface area (Å²) in [6.45, 7) is 0. The Morgan fingerprint density at radius 3 is 2.82 bits per heavy atom. The highest BCUT2D eigenvalue weighted by Crippen LogP contribution is 2.19. The van der Waals surface area contributed by atoms with Crippen LogP contribution < -0.4 is 10.7 Å². The first-order chi connectivity index (χ1) is 5.11. The summed E-state index contributed by atoms with van der Waals surface area (Å²) in [7, 11) is 0. The van der Waals surface area contributed by atoms with E-state index in [0.29, 0.717) is 4.47 Å². The molecule has 0 aliphatic heterocycles. The van der Waals surface area contributed by atoms with E-state index in [4.69, 9.17) is 5.73 Å². The second kappa shape index (κ2) is 2.83. The van der Waals surface area contributed by atoms with Crippen LogP contribution in [0.15, 0.2) is 16.7 Å². The third-order valence-corrected chi connectivity index (χ3v) is 1.57. The van der Waals surface area contributed by atoms with Crippen molar-refractivity contribution in [2.24, 2.45) is 0 Å². The standard InChI is InChI=1S/C5H4BrN3O2/c6-3-1-4(9(10)11)5(7)8-2-3/h1-2H,(H2,7,8)/p+1. The number of nitro groups is 1. The van der Waals surface area contributed by atoms with Crippen molar-refractivity contribution in [3.05, 3.63) is 26.9 Å². The van der Waals surface area contributed by atoms with E-state index in [2.05, 4.69) is 20.9 Å². The molecule has 0 radical (unpaired) electrons. The minimum atomic E-state index is -0.545. The number of pyridine rings is 1. The molecule has 58 valence electrons. The summed E-state index contributed by atoms with van der Waals surface area (Å²) in [5.41, 5.74) is 5.15. The lowest BCUT2D eigenvalue weighted by molar-refractivity contribution is -0.409. The molecule has 5 nitrogen and oxygen atoms in total. The van der Waals surface area contributed by atoms with Crippen molar-refractivity contribution in [1.82, 2.24) is 0 Å². The van der Waals surface area contributed by atoms with E-state index in [1.807, 2.05) is 0 Å². The summed E-state index contributed by atoms with van der Waals surface area (Å²) in [5, 5.41) is 10.3. The van der Waals surface area contributed by atoms with Crippen molar-refractivity contribution in [2.75, 3.05) is 5.73 Å². The van der Waals surface area contributed by atoms with Crippen LogP contribution in [0.25, 0.3) is 0 Å². The van der Waals surface area contributed by atoms with Crippen LogP contribution in [-0.4, -0.2) is 4.92 Å². The number of hydrogen-bond donors (Lipinski definition) is 1. The normalized spacial score (nSPS) is 9.55. The van der Waals surface area contributed by atoms with Gasteiger partial charge in [0.2, 0.25) is 0 Å². The van der Waals surface area contributed by atoms with Gasteiger partial charge in [-0.2, -0.15) is 0 Å². The molecule has 0 aromatic carbocycles. The smallest absolute Gasteiger partial charge is 0.281 e. The summed E-state index contributed by atoms with van der Waals surface area (Å²) in [6, 6.07) is 1.34. The summed E-state index contributed by atoms with van der Waals surface area (Å²) in [4.78, 5) is 12.3. The maximum absolute atomic E-state index is 10.3. The lowest BCUT2D eigenvalue weighted by atomic mass is 10.4. The van der Waals surface area contributed by atoms with Crippen LogP contribution in [0.2, 0.25) is 0 Å². The Labute approximate surface area is 70.5 Å². The monoisotopic (exact) mass is 218 g/mol. The van der Waals surface area contributed by atoms with Gasteiger partial charge < -0.3 is 0 Å². The third kappa shape index (κ3) is 1.64. The van der Waals surface area contributed by atoms with Crippen molar-refractivity contribution in [2.45, 2.75) is 0 Å². The molecule has 0 saturated heterocycles. The van der Waals surface area contributed by atoms with Gasteiger partial charge in [0.1, 0.15) is 6.20 Å². The van der Waals surface area contributed by atoms with Gasteiger partial charge in [-0.15, -0.1) is 0 Å². The Balaban J connectivity index is 3.23. The number of nitrogens with two attached hydrogens (primary N) is 1. The van der Waals surface area contributed by atoms with Gasteiger partial charge in [0.15, 0.2) is 0 Å². The zero-order valence-electron chi connectivity index (χ0n) is 5.37. The molecule has 1 aromatic heterocycles. The Hall–Kier alpha value is -1.17. The molecule has 0 spiro atoms. The van der Waals surface area contributed by atoms with Gasteiger partial charge in [0.05, 0.1) is 9.40 Å². The van der Waals surface area contributed by atoms with Crippen LogP contribution in [0.1, 0.15) is 0 Å². The van der Waals surface area contributed by atoms with Crippen LogP contribution in [0.5, 0.6) is 0 Å². The Bertz CT molecular complexity index is 302. The molecule has 1 rings (SSSR count). The van der Waals surface area contributed by atoms with Gasteiger partial charge >= 0.3 is 11.5 Å².